The van der Waals surface area contributed by atoms with Crippen LogP contribution in [0.15, 0.2) is 29.3 Å². The molecule has 1 saturated heterocycles. The van der Waals surface area contributed by atoms with E-state index in [-0.39, 0.29) is 30.1 Å². The van der Waals surface area contributed by atoms with Crippen LogP contribution in [-0.2, 0) is 12.8 Å². The molecule has 3 heterocycles. The maximum absolute atomic E-state index is 6.02. The Balaban J connectivity index is 0.00000225. The molecule has 7 nitrogen and oxygen atoms in total. The Morgan fingerprint density at radius 1 is 1.29 bits per heavy atom. The van der Waals surface area contributed by atoms with Gasteiger partial charge in [-0.1, -0.05) is 25.1 Å². The molecular weight excluding hydrogens is 487 g/mol. The zero-order valence-corrected chi connectivity index (χ0v) is 19.4. The molecular formula is C19H27IN6OS. The number of aliphatic imine (C=N–C) groups is 1. The summed E-state index contributed by atoms with van der Waals surface area (Å²) in [4.78, 5) is 13.7. The van der Waals surface area contributed by atoms with Gasteiger partial charge in [0.1, 0.15) is 17.7 Å². The molecule has 1 atom stereocenters. The lowest BCUT2D eigenvalue weighted by Gasteiger charge is -2.36. The van der Waals surface area contributed by atoms with Crippen molar-refractivity contribution in [2.45, 2.75) is 25.9 Å². The van der Waals surface area contributed by atoms with Gasteiger partial charge in [-0.05, 0) is 11.6 Å². The number of nitrogens with zero attached hydrogens (tertiary/aromatic N) is 5. The van der Waals surface area contributed by atoms with E-state index in [0.717, 1.165) is 68.2 Å². The van der Waals surface area contributed by atoms with Crippen molar-refractivity contribution in [3.8, 4) is 5.75 Å². The highest BCUT2D eigenvalue weighted by Crippen LogP contribution is 2.27. The highest BCUT2D eigenvalue weighted by atomic mass is 127. The van der Waals surface area contributed by atoms with E-state index in [1.807, 2.05) is 19.2 Å². The molecule has 28 heavy (non-hydrogen) atoms. The van der Waals surface area contributed by atoms with Crippen LogP contribution in [0, 0.1) is 0 Å². The van der Waals surface area contributed by atoms with Crippen LogP contribution in [0.25, 0.3) is 0 Å². The van der Waals surface area contributed by atoms with Crippen molar-refractivity contribution in [2.75, 3.05) is 44.7 Å². The van der Waals surface area contributed by atoms with Crippen LogP contribution in [0.4, 0.5) is 5.13 Å². The fourth-order valence-corrected chi connectivity index (χ4v) is 4.33. The van der Waals surface area contributed by atoms with E-state index < -0.39 is 0 Å². The molecule has 1 N–H and O–H groups in total. The van der Waals surface area contributed by atoms with Crippen LogP contribution in [0.1, 0.15) is 18.3 Å². The predicted octanol–water partition coefficient (Wildman–Crippen LogP) is 2.42. The molecule has 0 saturated carbocycles. The van der Waals surface area contributed by atoms with Gasteiger partial charge in [0.15, 0.2) is 5.96 Å². The lowest BCUT2D eigenvalue weighted by molar-refractivity contribution is 0.232. The Kier molecular flexibility index (Phi) is 7.33. The summed E-state index contributed by atoms with van der Waals surface area (Å²) in [5.74, 6) is 2.89. The van der Waals surface area contributed by atoms with E-state index in [9.17, 15) is 0 Å². The summed E-state index contributed by atoms with van der Waals surface area (Å²) in [5.41, 5.74) is 1.29. The topological polar surface area (TPSA) is 65.9 Å². The number of halogens is 1. The lowest BCUT2D eigenvalue weighted by Crippen LogP contribution is -2.53. The average Bonchev–Trinajstić information content (AvgIpc) is 3.35. The third-order valence-electron chi connectivity index (χ3n) is 5.04. The highest BCUT2D eigenvalue weighted by Gasteiger charge is 2.25. The van der Waals surface area contributed by atoms with Crippen molar-refractivity contribution < 1.29 is 4.74 Å². The number of fused-ring (bicyclic) bond motifs is 1. The van der Waals surface area contributed by atoms with E-state index >= 15 is 0 Å². The van der Waals surface area contributed by atoms with Gasteiger partial charge in [0.25, 0.3) is 0 Å². The summed E-state index contributed by atoms with van der Waals surface area (Å²) in [7, 11) is 1.84. The van der Waals surface area contributed by atoms with Crippen molar-refractivity contribution in [2.24, 2.45) is 4.99 Å². The lowest BCUT2D eigenvalue weighted by atomic mass is 10.1. The fourth-order valence-electron chi connectivity index (χ4n) is 3.53. The van der Waals surface area contributed by atoms with E-state index in [1.165, 1.54) is 17.1 Å². The molecule has 2 aliphatic rings. The molecule has 1 fully saturated rings. The Morgan fingerprint density at radius 2 is 2.07 bits per heavy atom. The summed E-state index contributed by atoms with van der Waals surface area (Å²) in [6, 6.07) is 8.27. The fraction of sp³-hybridized carbons (Fsp3) is 0.526. The number of aryl methyl sites for hydroxylation is 1. The first-order valence-electron chi connectivity index (χ1n) is 9.54. The van der Waals surface area contributed by atoms with Gasteiger partial charge in [-0.15, -0.1) is 24.0 Å². The minimum Gasteiger partial charge on any atom is -0.488 e. The molecule has 0 bridgehead atoms. The number of para-hydroxylation sites is 1. The second-order valence-electron chi connectivity index (χ2n) is 6.80. The first-order valence-corrected chi connectivity index (χ1v) is 10.3. The third-order valence-corrected chi connectivity index (χ3v) is 5.85. The van der Waals surface area contributed by atoms with E-state index in [0.29, 0.717) is 0 Å². The first-order chi connectivity index (χ1) is 13.3. The van der Waals surface area contributed by atoms with Gasteiger partial charge in [-0.25, -0.2) is 4.98 Å². The largest absolute Gasteiger partial charge is 0.488 e. The molecule has 1 aromatic carbocycles. The number of anilines is 1. The quantitative estimate of drug-likeness (QED) is 0.384. The maximum atomic E-state index is 6.02. The van der Waals surface area contributed by atoms with Crippen molar-refractivity contribution in [3.63, 3.8) is 0 Å². The molecule has 0 aliphatic carbocycles. The van der Waals surface area contributed by atoms with Crippen LogP contribution in [0.2, 0.25) is 0 Å². The van der Waals surface area contributed by atoms with Crippen LogP contribution >= 0.6 is 35.5 Å². The molecule has 152 valence electrons. The smallest absolute Gasteiger partial charge is 0.205 e. The molecule has 0 spiro atoms. The number of benzene rings is 1. The van der Waals surface area contributed by atoms with Gasteiger partial charge >= 0.3 is 0 Å². The van der Waals surface area contributed by atoms with E-state index in [2.05, 4.69) is 48.5 Å². The van der Waals surface area contributed by atoms with Crippen molar-refractivity contribution >= 4 is 46.6 Å². The summed E-state index contributed by atoms with van der Waals surface area (Å²) in [6.07, 6.45) is 2.00. The Bertz CT molecular complexity index is 780. The Hall–Kier alpha value is -1.62. The monoisotopic (exact) mass is 514 g/mol. The number of piperazine rings is 1. The number of hydrogen-bond acceptors (Lipinski definition) is 6. The number of hydrogen-bond donors (Lipinski definition) is 1. The summed E-state index contributed by atoms with van der Waals surface area (Å²) >= 11 is 1.50. The van der Waals surface area contributed by atoms with Crippen molar-refractivity contribution in [1.29, 1.82) is 0 Å². The van der Waals surface area contributed by atoms with Crippen LogP contribution < -0.4 is 15.0 Å². The zero-order chi connectivity index (χ0) is 18.6. The van der Waals surface area contributed by atoms with Gasteiger partial charge in [0.05, 0.1) is 6.54 Å². The number of nitrogens with one attached hydrogen (secondary N) is 1. The first kappa shape index (κ1) is 21.1. The van der Waals surface area contributed by atoms with Gasteiger partial charge in [-0.3, -0.25) is 4.99 Å². The number of aromatic nitrogens is 2. The maximum Gasteiger partial charge on any atom is 0.205 e. The summed E-state index contributed by atoms with van der Waals surface area (Å²) < 4.78 is 10.4. The van der Waals surface area contributed by atoms with Gasteiger partial charge in [0, 0.05) is 57.6 Å². The summed E-state index contributed by atoms with van der Waals surface area (Å²) in [5, 5.41) is 4.52. The van der Waals surface area contributed by atoms with Crippen LogP contribution in [0.3, 0.4) is 0 Å². The molecule has 2 aliphatic heterocycles. The minimum absolute atomic E-state index is 0. The second kappa shape index (κ2) is 9.73. The standard InChI is InChI=1S/C19H26N6OS.HI/c1-3-17-22-19(27-23-17)25-10-8-24(9-11-25)18(20-2)21-13-15-12-14-6-4-5-7-16(14)26-15;/h4-7,15H,3,8-13H2,1-2H3,(H,20,21);1H. The van der Waals surface area contributed by atoms with Gasteiger partial charge < -0.3 is 19.9 Å². The van der Waals surface area contributed by atoms with Crippen LogP contribution in [-0.4, -0.2) is 66.1 Å². The van der Waals surface area contributed by atoms with Gasteiger partial charge in [-0.2, -0.15) is 4.37 Å². The number of rotatable bonds is 4. The normalized spacial score (nSPS) is 19.1. The average molecular weight is 514 g/mol. The molecule has 0 radical (unpaired) electrons. The Labute approximate surface area is 187 Å². The minimum atomic E-state index is 0. The van der Waals surface area contributed by atoms with E-state index in [1.54, 1.807) is 0 Å². The zero-order valence-electron chi connectivity index (χ0n) is 16.3. The van der Waals surface area contributed by atoms with Crippen molar-refractivity contribution in [1.82, 2.24) is 19.6 Å². The highest BCUT2D eigenvalue weighted by molar-refractivity contribution is 14.0. The molecule has 1 unspecified atom stereocenters. The number of ether oxygens (including phenoxy) is 1. The molecule has 4 rings (SSSR count). The van der Waals surface area contributed by atoms with E-state index in [4.69, 9.17) is 4.74 Å². The Morgan fingerprint density at radius 3 is 2.75 bits per heavy atom. The summed E-state index contributed by atoms with van der Waals surface area (Å²) in [6.45, 7) is 6.57. The number of guanidine groups is 1. The molecule has 9 heteroatoms. The van der Waals surface area contributed by atoms with Crippen molar-refractivity contribution in [3.05, 3.63) is 35.7 Å². The predicted molar refractivity (Wildman–Crippen MR) is 124 cm³/mol. The second-order valence-corrected chi connectivity index (χ2v) is 7.53. The van der Waals surface area contributed by atoms with Gasteiger partial charge in [0.2, 0.25) is 5.13 Å². The molecule has 1 aromatic heterocycles. The third kappa shape index (κ3) is 4.68. The van der Waals surface area contributed by atoms with Crippen LogP contribution in [0.5, 0.6) is 5.75 Å². The molecule has 2 aromatic rings. The molecule has 0 amide bonds. The SMILES string of the molecule is CCc1nsc(N2CCN(C(=NC)NCC3Cc4ccccc4O3)CC2)n1.I.